The van der Waals surface area contributed by atoms with Crippen molar-refractivity contribution in [2.75, 3.05) is 18.1 Å². The molecule has 0 bridgehead atoms. The standard InChI is InChI=1S/C13H23N3OS/c1-5-11-7-17-8(2)6-16(11)13-15-10(4)12(18-13)9(3)14/h8-9,11H,5-7,14H2,1-4H3. The van der Waals surface area contributed by atoms with Crippen molar-refractivity contribution in [1.29, 1.82) is 0 Å². The zero-order valence-electron chi connectivity index (χ0n) is 11.6. The van der Waals surface area contributed by atoms with E-state index < -0.39 is 0 Å². The predicted molar refractivity (Wildman–Crippen MR) is 76.3 cm³/mol. The van der Waals surface area contributed by atoms with Crippen LogP contribution in [0.25, 0.3) is 0 Å². The molecule has 1 saturated heterocycles. The maximum absolute atomic E-state index is 5.98. The Morgan fingerprint density at radius 1 is 1.61 bits per heavy atom. The van der Waals surface area contributed by atoms with Crippen LogP contribution in [0.4, 0.5) is 5.13 Å². The largest absolute Gasteiger partial charge is 0.375 e. The third-order valence-electron chi connectivity index (χ3n) is 3.42. The molecule has 0 aliphatic carbocycles. The summed E-state index contributed by atoms with van der Waals surface area (Å²) in [6, 6.07) is 0.502. The molecule has 1 aliphatic rings. The molecule has 18 heavy (non-hydrogen) atoms. The first-order valence-corrected chi connectivity index (χ1v) is 7.45. The van der Waals surface area contributed by atoms with Crippen LogP contribution in [0.5, 0.6) is 0 Å². The number of ether oxygens (including phenoxy) is 1. The lowest BCUT2D eigenvalue weighted by Gasteiger charge is -2.38. The van der Waals surface area contributed by atoms with Crippen molar-refractivity contribution in [3.8, 4) is 0 Å². The van der Waals surface area contributed by atoms with Crippen molar-refractivity contribution >= 4 is 16.5 Å². The van der Waals surface area contributed by atoms with Gasteiger partial charge in [0.15, 0.2) is 5.13 Å². The fourth-order valence-corrected chi connectivity index (χ4v) is 3.45. The van der Waals surface area contributed by atoms with E-state index in [4.69, 9.17) is 15.5 Å². The smallest absolute Gasteiger partial charge is 0.186 e. The van der Waals surface area contributed by atoms with E-state index in [0.717, 1.165) is 30.4 Å². The monoisotopic (exact) mass is 269 g/mol. The van der Waals surface area contributed by atoms with E-state index in [1.165, 1.54) is 4.88 Å². The van der Waals surface area contributed by atoms with Crippen LogP contribution >= 0.6 is 11.3 Å². The van der Waals surface area contributed by atoms with Crippen molar-refractivity contribution < 1.29 is 4.74 Å². The molecule has 0 amide bonds. The number of hydrogen-bond donors (Lipinski definition) is 1. The maximum atomic E-state index is 5.98. The summed E-state index contributed by atoms with van der Waals surface area (Å²) in [4.78, 5) is 8.28. The summed E-state index contributed by atoms with van der Waals surface area (Å²) in [5.74, 6) is 0. The van der Waals surface area contributed by atoms with Crippen molar-refractivity contribution in [2.24, 2.45) is 5.73 Å². The normalized spacial score (nSPS) is 26.4. The van der Waals surface area contributed by atoms with Crippen LogP contribution in [0, 0.1) is 6.92 Å². The number of rotatable bonds is 3. The number of morpholine rings is 1. The van der Waals surface area contributed by atoms with Gasteiger partial charge in [0.2, 0.25) is 0 Å². The Bertz CT molecular complexity index is 405. The van der Waals surface area contributed by atoms with Crippen LogP contribution < -0.4 is 10.6 Å². The zero-order valence-corrected chi connectivity index (χ0v) is 12.5. The second-order valence-corrected chi connectivity index (χ2v) is 6.10. The third kappa shape index (κ3) is 2.68. The molecule has 3 atom stereocenters. The summed E-state index contributed by atoms with van der Waals surface area (Å²) < 4.78 is 5.73. The van der Waals surface area contributed by atoms with Gasteiger partial charge in [0.05, 0.1) is 24.4 Å². The minimum atomic E-state index is 0.0646. The number of aromatic nitrogens is 1. The Labute approximate surface area is 113 Å². The van der Waals surface area contributed by atoms with E-state index in [-0.39, 0.29) is 12.1 Å². The predicted octanol–water partition coefficient (Wildman–Crippen LogP) is 2.47. The number of hydrogen-bond acceptors (Lipinski definition) is 5. The molecule has 2 heterocycles. The molecule has 2 rings (SSSR count). The first kappa shape index (κ1) is 13.8. The maximum Gasteiger partial charge on any atom is 0.186 e. The van der Waals surface area contributed by atoms with Crippen LogP contribution in [0.3, 0.4) is 0 Å². The molecule has 102 valence electrons. The Morgan fingerprint density at radius 3 is 2.89 bits per heavy atom. The molecule has 5 heteroatoms. The Balaban J connectivity index is 2.25. The number of thiazole rings is 1. The van der Waals surface area contributed by atoms with Crippen LogP contribution in [-0.2, 0) is 4.74 Å². The van der Waals surface area contributed by atoms with E-state index >= 15 is 0 Å². The quantitative estimate of drug-likeness (QED) is 0.916. The van der Waals surface area contributed by atoms with Gasteiger partial charge < -0.3 is 15.4 Å². The van der Waals surface area contributed by atoms with Gasteiger partial charge in [-0.2, -0.15) is 0 Å². The molecule has 3 unspecified atom stereocenters. The Kier molecular flexibility index (Phi) is 4.25. The van der Waals surface area contributed by atoms with Gasteiger partial charge >= 0.3 is 0 Å². The molecule has 1 aromatic heterocycles. The third-order valence-corrected chi connectivity index (χ3v) is 4.81. The average molecular weight is 269 g/mol. The molecule has 0 spiro atoms. The van der Waals surface area contributed by atoms with Gasteiger partial charge in [-0.15, -0.1) is 11.3 Å². The number of nitrogens with two attached hydrogens (primary N) is 1. The summed E-state index contributed by atoms with van der Waals surface area (Å²) in [5, 5.41) is 1.10. The van der Waals surface area contributed by atoms with Gasteiger partial charge in [-0.3, -0.25) is 0 Å². The lowest BCUT2D eigenvalue weighted by molar-refractivity contribution is 0.0299. The second-order valence-electron chi connectivity index (χ2n) is 5.09. The molecular formula is C13H23N3OS. The minimum absolute atomic E-state index is 0.0646. The topological polar surface area (TPSA) is 51.4 Å². The second kappa shape index (κ2) is 5.55. The Hall–Kier alpha value is -0.650. The van der Waals surface area contributed by atoms with E-state index in [1.807, 2.05) is 13.8 Å². The first-order chi connectivity index (χ1) is 8.52. The van der Waals surface area contributed by atoms with E-state index in [0.29, 0.717) is 6.04 Å². The highest BCUT2D eigenvalue weighted by molar-refractivity contribution is 7.15. The van der Waals surface area contributed by atoms with E-state index in [9.17, 15) is 0 Å². The molecule has 1 aromatic rings. The highest BCUT2D eigenvalue weighted by atomic mass is 32.1. The summed E-state index contributed by atoms with van der Waals surface area (Å²) >= 11 is 1.73. The molecule has 1 aliphatic heterocycles. The molecular weight excluding hydrogens is 246 g/mol. The lowest BCUT2D eigenvalue weighted by atomic mass is 10.1. The van der Waals surface area contributed by atoms with Crippen LogP contribution in [0.15, 0.2) is 0 Å². The van der Waals surface area contributed by atoms with Gasteiger partial charge in [0.1, 0.15) is 0 Å². The number of anilines is 1. The van der Waals surface area contributed by atoms with E-state index in [1.54, 1.807) is 11.3 Å². The molecule has 1 fully saturated rings. The van der Waals surface area contributed by atoms with Crippen molar-refractivity contribution in [1.82, 2.24) is 4.98 Å². The van der Waals surface area contributed by atoms with Gasteiger partial charge in [0, 0.05) is 17.5 Å². The summed E-state index contributed by atoms with van der Waals surface area (Å²) in [6.45, 7) is 10.1. The van der Waals surface area contributed by atoms with Gasteiger partial charge in [-0.1, -0.05) is 6.92 Å². The Morgan fingerprint density at radius 2 is 2.33 bits per heavy atom. The van der Waals surface area contributed by atoms with Crippen molar-refractivity contribution in [3.05, 3.63) is 10.6 Å². The first-order valence-electron chi connectivity index (χ1n) is 6.64. The summed E-state index contributed by atoms with van der Waals surface area (Å²) in [5.41, 5.74) is 7.05. The van der Waals surface area contributed by atoms with Crippen LogP contribution in [0.1, 0.15) is 43.8 Å². The van der Waals surface area contributed by atoms with E-state index in [2.05, 4.69) is 18.7 Å². The van der Waals surface area contributed by atoms with Crippen LogP contribution in [-0.4, -0.2) is 30.3 Å². The fourth-order valence-electron chi connectivity index (χ4n) is 2.36. The number of nitrogens with zero attached hydrogens (tertiary/aromatic N) is 2. The van der Waals surface area contributed by atoms with Crippen LogP contribution in [0.2, 0.25) is 0 Å². The SMILES string of the molecule is CCC1COC(C)CN1c1nc(C)c(C(C)N)s1. The van der Waals surface area contributed by atoms with Gasteiger partial charge in [-0.25, -0.2) is 4.98 Å². The molecule has 2 N–H and O–H groups in total. The zero-order chi connectivity index (χ0) is 13.3. The van der Waals surface area contributed by atoms with Crippen molar-refractivity contribution in [3.63, 3.8) is 0 Å². The fraction of sp³-hybridized carbons (Fsp3) is 0.769. The molecule has 0 saturated carbocycles. The summed E-state index contributed by atoms with van der Waals surface area (Å²) in [7, 11) is 0. The molecule has 0 radical (unpaired) electrons. The highest BCUT2D eigenvalue weighted by Crippen LogP contribution is 2.32. The van der Waals surface area contributed by atoms with Gasteiger partial charge in [0.25, 0.3) is 0 Å². The lowest BCUT2D eigenvalue weighted by Crippen LogP contribution is -2.48. The van der Waals surface area contributed by atoms with Crippen molar-refractivity contribution in [2.45, 2.75) is 52.3 Å². The minimum Gasteiger partial charge on any atom is -0.375 e. The average Bonchev–Trinajstić information content (AvgIpc) is 2.71. The highest BCUT2D eigenvalue weighted by Gasteiger charge is 2.28. The summed E-state index contributed by atoms with van der Waals surface area (Å²) in [6.07, 6.45) is 1.36. The molecule has 4 nitrogen and oxygen atoms in total. The molecule has 0 aromatic carbocycles. The van der Waals surface area contributed by atoms with Gasteiger partial charge in [-0.05, 0) is 27.2 Å². The number of aryl methyl sites for hydroxylation is 1.